The number of nitrogens with one attached hydrogen (secondary N) is 2. The molecule has 0 saturated heterocycles. The highest BCUT2D eigenvalue weighted by Crippen LogP contribution is 2.13. The van der Waals surface area contributed by atoms with Crippen LogP contribution in [0.3, 0.4) is 0 Å². The van der Waals surface area contributed by atoms with Crippen LogP contribution in [0.15, 0.2) is 34.7 Å². The summed E-state index contributed by atoms with van der Waals surface area (Å²) in [6.45, 7) is 1.66. The van der Waals surface area contributed by atoms with E-state index in [1.54, 1.807) is 36.6 Å². The van der Waals surface area contributed by atoms with E-state index in [1.165, 1.54) is 11.3 Å². The Morgan fingerprint density at radius 2 is 2.00 bits per heavy atom. The Balaban J connectivity index is 1.79. The van der Waals surface area contributed by atoms with Gasteiger partial charge in [0.15, 0.2) is 5.13 Å². The van der Waals surface area contributed by atoms with E-state index in [4.69, 9.17) is 17.3 Å². The predicted octanol–water partition coefficient (Wildman–Crippen LogP) is 2.44. The number of nitrogens with two attached hydrogens (primary N) is 1. The first-order valence-corrected chi connectivity index (χ1v) is 8.25. The number of nitrogens with zero attached hydrogens (tertiary/aromatic N) is 2. The Morgan fingerprint density at radius 3 is 2.62 bits per heavy atom. The third kappa shape index (κ3) is 5.98. The van der Waals surface area contributed by atoms with Crippen molar-refractivity contribution in [2.75, 3.05) is 11.1 Å². The Kier molecular flexibility index (Phi) is 6.28. The summed E-state index contributed by atoms with van der Waals surface area (Å²) in [6, 6.07) is 6.77. The molecule has 0 saturated carbocycles. The highest BCUT2D eigenvalue weighted by molar-refractivity contribution is 7.13. The molecule has 0 radical (unpaired) electrons. The summed E-state index contributed by atoms with van der Waals surface area (Å²) in [5.74, 6) is -0.558. The van der Waals surface area contributed by atoms with Gasteiger partial charge in [-0.15, -0.1) is 11.3 Å². The second kappa shape index (κ2) is 8.42. The highest BCUT2D eigenvalue weighted by atomic mass is 35.5. The number of anilines is 2. The highest BCUT2D eigenvalue weighted by Gasteiger charge is 2.08. The van der Waals surface area contributed by atoms with Gasteiger partial charge in [-0.1, -0.05) is 11.6 Å². The summed E-state index contributed by atoms with van der Waals surface area (Å²) in [6.07, 6.45) is 0.147. The second-order valence-corrected chi connectivity index (χ2v) is 6.29. The molecular formula is C15H16ClN5O2S. The number of halogens is 1. The molecule has 1 heterocycles. The van der Waals surface area contributed by atoms with Gasteiger partial charge in [0.2, 0.25) is 11.8 Å². The van der Waals surface area contributed by atoms with Crippen LogP contribution in [-0.2, 0) is 16.0 Å². The lowest BCUT2D eigenvalue weighted by atomic mass is 10.2. The molecule has 24 heavy (non-hydrogen) atoms. The van der Waals surface area contributed by atoms with Gasteiger partial charge in [0, 0.05) is 21.8 Å². The Morgan fingerprint density at radius 1 is 1.29 bits per heavy atom. The first kappa shape index (κ1) is 17.9. The Hall–Kier alpha value is -2.45. The zero-order valence-electron chi connectivity index (χ0n) is 12.9. The van der Waals surface area contributed by atoms with E-state index < -0.39 is 0 Å². The Labute approximate surface area is 147 Å². The van der Waals surface area contributed by atoms with Crippen molar-refractivity contribution in [3.8, 4) is 0 Å². The minimum atomic E-state index is -0.322. The SMILES string of the molecule is C/C(CC(=O)Nc1ccc(Cl)cc1)=N\NC(=O)Cc1csc(N)n1. The number of hydrogen-bond acceptors (Lipinski definition) is 6. The summed E-state index contributed by atoms with van der Waals surface area (Å²) in [7, 11) is 0. The van der Waals surface area contributed by atoms with Gasteiger partial charge in [0.25, 0.3) is 0 Å². The monoisotopic (exact) mass is 365 g/mol. The Bertz CT molecular complexity index is 757. The van der Waals surface area contributed by atoms with Gasteiger partial charge in [0.05, 0.1) is 18.5 Å². The van der Waals surface area contributed by atoms with Gasteiger partial charge >= 0.3 is 0 Å². The topological polar surface area (TPSA) is 109 Å². The minimum Gasteiger partial charge on any atom is -0.375 e. The summed E-state index contributed by atoms with van der Waals surface area (Å²) < 4.78 is 0. The first-order valence-electron chi connectivity index (χ1n) is 6.99. The maximum Gasteiger partial charge on any atom is 0.246 e. The van der Waals surface area contributed by atoms with Gasteiger partial charge in [0.1, 0.15) is 0 Å². The molecule has 126 valence electrons. The van der Waals surface area contributed by atoms with E-state index in [0.29, 0.717) is 27.2 Å². The van der Waals surface area contributed by atoms with Crippen molar-refractivity contribution >= 4 is 51.3 Å². The first-order chi connectivity index (χ1) is 11.4. The van der Waals surface area contributed by atoms with E-state index >= 15 is 0 Å². The number of carbonyl (C=O) groups excluding carboxylic acids is 2. The van der Waals surface area contributed by atoms with E-state index in [1.807, 2.05) is 0 Å². The quantitative estimate of drug-likeness (QED) is 0.539. The third-order valence-electron chi connectivity index (χ3n) is 2.83. The molecule has 0 unspecified atom stereocenters. The summed E-state index contributed by atoms with van der Waals surface area (Å²) in [5, 5.41) is 9.34. The van der Waals surface area contributed by atoms with E-state index in [9.17, 15) is 9.59 Å². The van der Waals surface area contributed by atoms with Crippen molar-refractivity contribution in [2.45, 2.75) is 19.8 Å². The molecule has 0 spiro atoms. The molecule has 0 aliphatic carbocycles. The van der Waals surface area contributed by atoms with E-state index in [2.05, 4.69) is 20.8 Å². The number of amides is 2. The molecule has 1 aromatic carbocycles. The number of carbonyl (C=O) groups is 2. The van der Waals surface area contributed by atoms with E-state index in [-0.39, 0.29) is 24.7 Å². The molecule has 0 atom stereocenters. The predicted molar refractivity (Wildman–Crippen MR) is 96.2 cm³/mol. The largest absolute Gasteiger partial charge is 0.375 e. The van der Waals surface area contributed by atoms with Crippen LogP contribution in [0.2, 0.25) is 5.02 Å². The van der Waals surface area contributed by atoms with Gasteiger partial charge in [-0.25, -0.2) is 10.4 Å². The van der Waals surface area contributed by atoms with Gasteiger partial charge in [-0.05, 0) is 31.2 Å². The van der Waals surface area contributed by atoms with Crippen LogP contribution < -0.4 is 16.5 Å². The van der Waals surface area contributed by atoms with Crippen molar-refractivity contribution < 1.29 is 9.59 Å². The van der Waals surface area contributed by atoms with Crippen molar-refractivity contribution in [2.24, 2.45) is 5.10 Å². The van der Waals surface area contributed by atoms with Crippen LogP contribution in [0.5, 0.6) is 0 Å². The maximum atomic E-state index is 11.9. The maximum absolute atomic E-state index is 11.9. The average molecular weight is 366 g/mol. The standard InChI is InChI=1S/C15H16ClN5O2S/c1-9(6-13(22)18-11-4-2-10(16)3-5-11)20-21-14(23)7-12-8-24-15(17)19-12/h2-5,8H,6-7H2,1H3,(H2,17,19)(H,18,22)(H,21,23)/b20-9+. The number of aromatic nitrogens is 1. The molecule has 9 heteroatoms. The van der Waals surface area contributed by atoms with Crippen LogP contribution in [0.25, 0.3) is 0 Å². The fraction of sp³-hybridized carbons (Fsp3) is 0.200. The molecule has 2 aromatic rings. The van der Waals surface area contributed by atoms with Crippen LogP contribution in [0.4, 0.5) is 10.8 Å². The molecule has 1 aromatic heterocycles. The van der Waals surface area contributed by atoms with Crippen molar-refractivity contribution in [1.29, 1.82) is 0 Å². The molecule has 0 aliphatic rings. The zero-order chi connectivity index (χ0) is 17.5. The fourth-order valence-corrected chi connectivity index (χ4v) is 2.46. The molecule has 0 bridgehead atoms. The minimum absolute atomic E-state index is 0.0621. The number of benzene rings is 1. The smallest absolute Gasteiger partial charge is 0.246 e. The van der Waals surface area contributed by atoms with Gasteiger partial charge < -0.3 is 11.1 Å². The van der Waals surface area contributed by atoms with Crippen molar-refractivity contribution in [1.82, 2.24) is 10.4 Å². The fourth-order valence-electron chi connectivity index (χ4n) is 1.78. The van der Waals surface area contributed by atoms with Crippen LogP contribution in [0.1, 0.15) is 19.0 Å². The number of nitrogen functional groups attached to an aromatic ring is 1. The second-order valence-electron chi connectivity index (χ2n) is 4.97. The average Bonchev–Trinajstić information content (AvgIpc) is 2.92. The van der Waals surface area contributed by atoms with E-state index in [0.717, 1.165) is 0 Å². The summed E-state index contributed by atoms with van der Waals surface area (Å²) in [4.78, 5) is 27.6. The number of hydrazone groups is 1. The van der Waals surface area contributed by atoms with Gasteiger partial charge in [-0.2, -0.15) is 5.10 Å². The van der Waals surface area contributed by atoms with Crippen LogP contribution in [-0.4, -0.2) is 22.5 Å². The lowest BCUT2D eigenvalue weighted by Gasteiger charge is -2.05. The third-order valence-corrected chi connectivity index (χ3v) is 3.80. The van der Waals surface area contributed by atoms with Crippen LogP contribution in [0, 0.1) is 0 Å². The normalized spacial score (nSPS) is 11.2. The lowest BCUT2D eigenvalue weighted by molar-refractivity contribution is -0.120. The molecule has 7 nitrogen and oxygen atoms in total. The van der Waals surface area contributed by atoms with Crippen molar-refractivity contribution in [3.05, 3.63) is 40.4 Å². The van der Waals surface area contributed by atoms with Crippen molar-refractivity contribution in [3.63, 3.8) is 0 Å². The lowest BCUT2D eigenvalue weighted by Crippen LogP contribution is -2.23. The zero-order valence-corrected chi connectivity index (χ0v) is 14.4. The molecular weight excluding hydrogens is 350 g/mol. The number of rotatable bonds is 6. The summed E-state index contributed by atoms with van der Waals surface area (Å²) in [5.41, 5.74) is 9.60. The number of thiazole rings is 1. The molecule has 2 rings (SSSR count). The van der Waals surface area contributed by atoms with Crippen LogP contribution >= 0.6 is 22.9 Å². The number of hydrogen-bond donors (Lipinski definition) is 3. The van der Waals surface area contributed by atoms with Gasteiger partial charge in [-0.3, -0.25) is 9.59 Å². The molecule has 0 aliphatic heterocycles. The molecule has 2 amide bonds. The summed E-state index contributed by atoms with van der Waals surface area (Å²) >= 11 is 7.05. The molecule has 4 N–H and O–H groups in total. The molecule has 0 fully saturated rings.